The summed E-state index contributed by atoms with van der Waals surface area (Å²) in [5.74, 6) is -2.79. The molecule has 0 spiro atoms. The van der Waals surface area contributed by atoms with Crippen molar-refractivity contribution >= 4 is 23.9 Å². The zero-order chi connectivity index (χ0) is 38.7. The zero-order valence-corrected chi connectivity index (χ0v) is 28.5. The Morgan fingerprint density at radius 1 is 0.885 bits per heavy atom. The van der Waals surface area contributed by atoms with Crippen LogP contribution in [0.4, 0.5) is 35.5 Å². The minimum atomic E-state index is -5.01. The van der Waals surface area contributed by atoms with Crippen LogP contribution in [0.5, 0.6) is 0 Å². The number of carboxylic acid groups (broad SMARTS) is 2. The summed E-state index contributed by atoms with van der Waals surface area (Å²) < 4.78 is 95.2. The molecule has 3 amide bonds. The van der Waals surface area contributed by atoms with Crippen LogP contribution in [0.1, 0.15) is 72.5 Å². The summed E-state index contributed by atoms with van der Waals surface area (Å²) in [6.07, 6.45) is -6.49. The topological polar surface area (TPSA) is 122 Å². The lowest BCUT2D eigenvalue weighted by Crippen LogP contribution is -2.57. The van der Waals surface area contributed by atoms with Gasteiger partial charge in [0.2, 0.25) is 5.91 Å². The van der Waals surface area contributed by atoms with E-state index in [9.17, 15) is 49.9 Å². The maximum absolute atomic E-state index is 14.1. The van der Waals surface area contributed by atoms with Gasteiger partial charge in [0.15, 0.2) is 0 Å². The number of aliphatic carboxylic acids is 2. The molecule has 3 saturated heterocycles. The van der Waals surface area contributed by atoms with Crippen molar-refractivity contribution in [1.82, 2.24) is 19.6 Å². The van der Waals surface area contributed by atoms with Gasteiger partial charge in [-0.15, -0.1) is 0 Å². The number of rotatable bonds is 6. The second kappa shape index (κ2) is 15.9. The molecule has 4 atom stereocenters. The van der Waals surface area contributed by atoms with E-state index in [0.717, 1.165) is 16.9 Å². The molecule has 0 aromatic heterocycles. The van der Waals surface area contributed by atoms with Crippen molar-refractivity contribution in [3.05, 3.63) is 82.2 Å². The van der Waals surface area contributed by atoms with E-state index >= 15 is 0 Å². The first-order valence-electron chi connectivity index (χ1n) is 16.4. The Morgan fingerprint density at radius 2 is 1.48 bits per heavy atom. The van der Waals surface area contributed by atoms with E-state index in [0.29, 0.717) is 68.7 Å². The number of likely N-dealkylation sites (tertiary alicyclic amines) is 1. The van der Waals surface area contributed by atoms with Crippen molar-refractivity contribution in [3.63, 3.8) is 0 Å². The zero-order valence-electron chi connectivity index (χ0n) is 28.5. The minimum absolute atomic E-state index is 0.0619. The number of nitrogens with zero attached hydrogens (tertiary/aromatic N) is 4. The number of benzene rings is 2. The Bertz CT molecular complexity index is 1650. The van der Waals surface area contributed by atoms with Gasteiger partial charge in [0, 0.05) is 63.9 Å². The number of carbonyl (C=O) groups is 4. The lowest BCUT2D eigenvalue weighted by molar-refractivity contribution is -0.143. The van der Waals surface area contributed by atoms with Gasteiger partial charge in [-0.05, 0) is 80.1 Å². The molecular formula is C35H39F7N4O6. The minimum Gasteiger partial charge on any atom is -0.478 e. The quantitative estimate of drug-likeness (QED) is 0.256. The van der Waals surface area contributed by atoms with Crippen molar-refractivity contribution in [2.24, 2.45) is 0 Å². The third-order valence-corrected chi connectivity index (χ3v) is 9.80. The number of halogens is 7. The van der Waals surface area contributed by atoms with E-state index in [4.69, 9.17) is 10.2 Å². The first kappa shape index (κ1) is 40.1. The normalized spacial score (nSPS) is 21.7. The number of urea groups is 1. The number of piperidine rings is 1. The largest absolute Gasteiger partial charge is 0.478 e. The van der Waals surface area contributed by atoms with Crippen LogP contribution in [0.3, 0.4) is 0 Å². The molecule has 3 aliphatic rings. The summed E-state index contributed by atoms with van der Waals surface area (Å²) in [7, 11) is 1.36. The Balaban J connectivity index is 0.000000677. The number of aryl methyl sites for hydroxylation is 1. The van der Waals surface area contributed by atoms with Crippen LogP contribution >= 0.6 is 0 Å². The summed E-state index contributed by atoms with van der Waals surface area (Å²) in [6, 6.07) is 3.68. The Kier molecular flexibility index (Phi) is 12.3. The van der Waals surface area contributed by atoms with Gasteiger partial charge in [-0.25, -0.2) is 18.8 Å². The van der Waals surface area contributed by atoms with E-state index in [1.54, 1.807) is 17.9 Å². The van der Waals surface area contributed by atoms with Crippen LogP contribution in [-0.4, -0.2) is 99.0 Å². The number of amides is 3. The van der Waals surface area contributed by atoms with Gasteiger partial charge in [-0.3, -0.25) is 9.69 Å². The second-order valence-electron chi connectivity index (χ2n) is 13.1. The molecule has 52 heavy (non-hydrogen) atoms. The fraction of sp³-hybridized carbons (Fsp3) is 0.486. The molecule has 2 aromatic carbocycles. The lowest BCUT2D eigenvalue weighted by Gasteiger charge is -2.48. The van der Waals surface area contributed by atoms with Crippen molar-refractivity contribution in [1.29, 1.82) is 0 Å². The number of carbonyl (C=O) groups excluding carboxylic acids is 2. The van der Waals surface area contributed by atoms with Crippen LogP contribution in [0, 0.1) is 12.7 Å². The summed E-state index contributed by atoms with van der Waals surface area (Å²) in [6.45, 7) is 5.43. The number of hydrogen-bond donors (Lipinski definition) is 2. The lowest BCUT2D eigenvalue weighted by atomic mass is 9.88. The summed E-state index contributed by atoms with van der Waals surface area (Å²) in [4.78, 5) is 52.3. The molecule has 2 N–H and O–H groups in total. The number of carboxylic acids is 2. The molecule has 1 unspecified atom stereocenters. The van der Waals surface area contributed by atoms with E-state index < -0.39 is 59.4 Å². The standard InChI is InChI=1S/C31H35F7N4O2.C4H4O4/c1-18-12-23(32)4-6-26(18)27-16-24(40-10-11-41-25(17-40)5-7-28(41)43)8-9-42(27)29(44)39(3)19(2)20-13-21(30(33,34)35)15-22(14-20)31(36,37)38;5-3(6)1-2-4(7)8/h4,6,12-15,19,24-25,27H,5,7-11,16-17H2,1-3H3;1-2H,(H,5,6)(H,7,8)/b;2-1-/t19-,24+,25?,27-;/m1./s1. The highest BCUT2D eigenvalue weighted by Crippen LogP contribution is 2.40. The van der Waals surface area contributed by atoms with Crippen LogP contribution in [0.25, 0.3) is 0 Å². The van der Waals surface area contributed by atoms with Crippen LogP contribution in [-0.2, 0) is 26.7 Å². The number of fused-ring (bicyclic) bond motifs is 1. The highest BCUT2D eigenvalue weighted by molar-refractivity contribution is 5.89. The van der Waals surface area contributed by atoms with Gasteiger partial charge in [0.05, 0.1) is 23.2 Å². The Morgan fingerprint density at radius 3 is 2.02 bits per heavy atom. The van der Waals surface area contributed by atoms with Gasteiger partial charge in [-0.1, -0.05) is 6.07 Å². The number of hydrogen-bond acceptors (Lipinski definition) is 5. The molecular weight excluding hydrogens is 705 g/mol. The van der Waals surface area contributed by atoms with E-state index in [2.05, 4.69) is 4.90 Å². The SMILES string of the molecule is Cc1cc(F)ccc1[C@H]1C[C@@H](N2CCN3C(=O)CCC3C2)CCN1C(=O)N(C)[C@H](C)c1cc(C(F)(F)F)cc(C(F)(F)F)c1.O=C(O)/C=C\C(=O)O. The fourth-order valence-corrected chi connectivity index (χ4v) is 6.99. The smallest absolute Gasteiger partial charge is 0.416 e. The van der Waals surface area contributed by atoms with Gasteiger partial charge in [0.25, 0.3) is 0 Å². The molecule has 17 heteroatoms. The maximum atomic E-state index is 14.1. The molecule has 10 nitrogen and oxygen atoms in total. The third-order valence-electron chi connectivity index (χ3n) is 9.80. The van der Waals surface area contributed by atoms with Crippen molar-refractivity contribution in [3.8, 4) is 0 Å². The van der Waals surface area contributed by atoms with E-state index in [-0.39, 0.29) is 36.2 Å². The predicted molar refractivity (Wildman–Crippen MR) is 172 cm³/mol. The molecule has 0 aliphatic carbocycles. The highest BCUT2D eigenvalue weighted by atomic mass is 19.4. The van der Waals surface area contributed by atoms with E-state index in [1.807, 2.05) is 4.90 Å². The van der Waals surface area contributed by atoms with Gasteiger partial charge >= 0.3 is 30.3 Å². The molecule has 3 fully saturated rings. The van der Waals surface area contributed by atoms with Crippen molar-refractivity contribution in [2.45, 2.75) is 76.1 Å². The molecule has 0 bridgehead atoms. The molecule has 0 radical (unpaired) electrons. The highest BCUT2D eigenvalue weighted by Gasteiger charge is 2.43. The first-order valence-corrected chi connectivity index (χ1v) is 16.4. The molecule has 5 rings (SSSR count). The molecule has 2 aromatic rings. The second-order valence-corrected chi connectivity index (χ2v) is 13.1. The average molecular weight is 745 g/mol. The number of piperazine rings is 1. The van der Waals surface area contributed by atoms with E-state index in [1.165, 1.54) is 26.1 Å². The molecule has 3 heterocycles. The van der Waals surface area contributed by atoms with Crippen LogP contribution in [0.15, 0.2) is 48.6 Å². The van der Waals surface area contributed by atoms with Crippen molar-refractivity contribution < 1.29 is 60.1 Å². The molecule has 3 aliphatic heterocycles. The monoisotopic (exact) mass is 744 g/mol. The first-order chi connectivity index (χ1) is 24.2. The van der Waals surface area contributed by atoms with Gasteiger partial charge < -0.3 is 24.9 Å². The van der Waals surface area contributed by atoms with Gasteiger partial charge in [-0.2, -0.15) is 26.3 Å². The summed E-state index contributed by atoms with van der Waals surface area (Å²) in [5.41, 5.74) is -1.84. The van der Waals surface area contributed by atoms with Gasteiger partial charge in [0.1, 0.15) is 5.82 Å². The predicted octanol–water partition coefficient (Wildman–Crippen LogP) is 6.51. The van der Waals surface area contributed by atoms with Crippen molar-refractivity contribution in [2.75, 3.05) is 33.2 Å². The van der Waals surface area contributed by atoms with Crippen LogP contribution < -0.4 is 0 Å². The molecule has 284 valence electrons. The summed E-state index contributed by atoms with van der Waals surface area (Å²) in [5, 5.41) is 15.6. The third kappa shape index (κ3) is 9.60. The Hall–Kier alpha value is -4.67. The summed E-state index contributed by atoms with van der Waals surface area (Å²) >= 11 is 0. The average Bonchev–Trinajstić information content (AvgIpc) is 3.45. The number of alkyl halides is 6. The fourth-order valence-electron chi connectivity index (χ4n) is 6.99. The maximum Gasteiger partial charge on any atom is 0.416 e. The van der Waals surface area contributed by atoms with Crippen LogP contribution in [0.2, 0.25) is 0 Å². The Labute approximate surface area is 295 Å². The molecule has 0 saturated carbocycles.